The summed E-state index contributed by atoms with van der Waals surface area (Å²) in [6.45, 7) is 6.10. The third-order valence-electron chi connectivity index (χ3n) is 4.18. The quantitative estimate of drug-likeness (QED) is 0.477. The number of carbonyl (C=O) groups is 1. The summed E-state index contributed by atoms with van der Waals surface area (Å²) in [5.74, 6) is -0.805. The monoisotopic (exact) mass is 372 g/mol. The molecule has 0 aliphatic carbocycles. The van der Waals surface area contributed by atoms with Crippen molar-refractivity contribution < 1.29 is 9.90 Å². The summed E-state index contributed by atoms with van der Waals surface area (Å²) >= 11 is 2.94. The number of benzene rings is 1. The van der Waals surface area contributed by atoms with Gasteiger partial charge in [0.1, 0.15) is 21.4 Å². The Morgan fingerprint density at radius 1 is 1.24 bits per heavy atom. The summed E-state index contributed by atoms with van der Waals surface area (Å²) in [7, 11) is 0. The second-order valence-corrected chi connectivity index (χ2v) is 8.19. The van der Waals surface area contributed by atoms with Gasteiger partial charge in [-0.25, -0.2) is 9.97 Å². The van der Waals surface area contributed by atoms with Gasteiger partial charge in [0.15, 0.2) is 0 Å². The highest BCUT2D eigenvalue weighted by atomic mass is 32.2. The van der Waals surface area contributed by atoms with E-state index in [9.17, 15) is 9.90 Å². The first-order valence-corrected chi connectivity index (χ1v) is 9.97. The molecule has 2 aromatic heterocycles. The van der Waals surface area contributed by atoms with Gasteiger partial charge in [-0.1, -0.05) is 49.9 Å². The minimum Gasteiger partial charge on any atom is -0.480 e. The van der Waals surface area contributed by atoms with Crippen LogP contribution in [0, 0.1) is 6.92 Å². The van der Waals surface area contributed by atoms with Crippen LogP contribution >= 0.6 is 23.1 Å². The average Bonchev–Trinajstić information content (AvgIpc) is 2.96. The first-order valence-electron chi connectivity index (χ1n) is 8.28. The Balaban J connectivity index is 2.14. The number of hydrogen-bond acceptors (Lipinski definition) is 5. The van der Waals surface area contributed by atoms with E-state index < -0.39 is 11.2 Å². The molecule has 0 saturated carbocycles. The molecule has 1 unspecified atom stereocenters. The summed E-state index contributed by atoms with van der Waals surface area (Å²) in [4.78, 5) is 22.3. The maximum Gasteiger partial charge on any atom is 0.317 e. The standard InChI is InChI=1S/C19H20N2O2S2/c1-4-12-6-8-13(9-7-12)15-11(3)24-17-16(15)18(21-10-20-17)25-14(5-2)19(22)23/h6-10,14H,4-5H2,1-3H3,(H,22,23). The Kier molecular flexibility index (Phi) is 5.39. The molecule has 1 atom stereocenters. The number of thioether (sulfide) groups is 1. The van der Waals surface area contributed by atoms with Crippen LogP contribution in [0.5, 0.6) is 0 Å². The van der Waals surface area contributed by atoms with Gasteiger partial charge < -0.3 is 5.11 Å². The van der Waals surface area contributed by atoms with Crippen molar-refractivity contribution in [3.05, 3.63) is 41.0 Å². The van der Waals surface area contributed by atoms with Crippen LogP contribution in [0.25, 0.3) is 21.3 Å². The summed E-state index contributed by atoms with van der Waals surface area (Å²) in [6.07, 6.45) is 3.08. The number of hydrogen-bond donors (Lipinski definition) is 1. The number of aryl methyl sites for hydroxylation is 2. The highest BCUT2D eigenvalue weighted by Crippen LogP contribution is 2.42. The Hall–Kier alpha value is -1.92. The molecule has 130 valence electrons. The lowest BCUT2D eigenvalue weighted by atomic mass is 10.0. The lowest BCUT2D eigenvalue weighted by molar-refractivity contribution is -0.136. The molecule has 0 bridgehead atoms. The fraction of sp³-hybridized carbons (Fsp3) is 0.316. The van der Waals surface area contributed by atoms with E-state index in [1.807, 2.05) is 6.92 Å². The SMILES string of the molecule is CCc1ccc(-c2c(C)sc3ncnc(SC(CC)C(=O)O)c23)cc1. The molecule has 0 aliphatic rings. The zero-order valence-electron chi connectivity index (χ0n) is 14.4. The molecule has 1 N–H and O–H groups in total. The van der Waals surface area contributed by atoms with Crippen molar-refractivity contribution in [1.82, 2.24) is 9.97 Å². The van der Waals surface area contributed by atoms with Crippen LogP contribution in [0.3, 0.4) is 0 Å². The van der Waals surface area contributed by atoms with Crippen molar-refractivity contribution in [2.75, 3.05) is 0 Å². The van der Waals surface area contributed by atoms with Crippen molar-refractivity contribution in [3.63, 3.8) is 0 Å². The Bertz CT molecular complexity index is 904. The Labute approximate surface area is 155 Å². The van der Waals surface area contributed by atoms with E-state index >= 15 is 0 Å². The number of rotatable bonds is 6. The molecule has 0 radical (unpaired) electrons. The molecule has 0 fully saturated rings. The third kappa shape index (κ3) is 3.55. The second kappa shape index (κ2) is 7.54. The first kappa shape index (κ1) is 17.9. The molecule has 0 saturated heterocycles. The van der Waals surface area contributed by atoms with Crippen molar-refractivity contribution >= 4 is 39.3 Å². The highest BCUT2D eigenvalue weighted by molar-refractivity contribution is 8.00. The van der Waals surface area contributed by atoms with E-state index in [0.717, 1.165) is 32.8 Å². The summed E-state index contributed by atoms with van der Waals surface area (Å²) < 4.78 is 0. The topological polar surface area (TPSA) is 63.1 Å². The largest absolute Gasteiger partial charge is 0.480 e. The van der Waals surface area contributed by atoms with Gasteiger partial charge in [0, 0.05) is 10.4 Å². The lowest BCUT2D eigenvalue weighted by Crippen LogP contribution is -2.15. The van der Waals surface area contributed by atoms with Gasteiger partial charge in [-0.05, 0) is 30.9 Å². The molecule has 25 heavy (non-hydrogen) atoms. The average molecular weight is 373 g/mol. The van der Waals surface area contributed by atoms with Crippen LogP contribution in [0.1, 0.15) is 30.7 Å². The number of carboxylic acid groups (broad SMARTS) is 1. The van der Waals surface area contributed by atoms with Gasteiger partial charge in [0.2, 0.25) is 0 Å². The van der Waals surface area contributed by atoms with E-state index in [-0.39, 0.29) is 0 Å². The predicted octanol–water partition coefficient (Wildman–Crippen LogP) is 5.18. The number of carboxylic acids is 1. The smallest absolute Gasteiger partial charge is 0.317 e. The van der Waals surface area contributed by atoms with Crippen LogP contribution in [-0.4, -0.2) is 26.3 Å². The van der Waals surface area contributed by atoms with Crippen molar-refractivity contribution in [2.45, 2.75) is 43.9 Å². The Morgan fingerprint density at radius 2 is 1.96 bits per heavy atom. The fourth-order valence-corrected chi connectivity index (χ4v) is 4.84. The van der Waals surface area contributed by atoms with Crippen LogP contribution in [0.4, 0.5) is 0 Å². The van der Waals surface area contributed by atoms with E-state index in [2.05, 4.69) is 48.1 Å². The molecule has 0 amide bonds. The summed E-state index contributed by atoms with van der Waals surface area (Å²) in [5.41, 5.74) is 3.54. The molecule has 2 heterocycles. The van der Waals surface area contributed by atoms with Crippen LogP contribution in [0.2, 0.25) is 0 Å². The normalized spacial score (nSPS) is 12.4. The van der Waals surface area contributed by atoms with Crippen molar-refractivity contribution in [1.29, 1.82) is 0 Å². The number of fused-ring (bicyclic) bond motifs is 1. The first-order chi connectivity index (χ1) is 12.0. The van der Waals surface area contributed by atoms with Gasteiger partial charge in [-0.3, -0.25) is 4.79 Å². The zero-order chi connectivity index (χ0) is 18.0. The van der Waals surface area contributed by atoms with E-state index in [4.69, 9.17) is 0 Å². The summed E-state index contributed by atoms with van der Waals surface area (Å²) in [6, 6.07) is 8.54. The molecule has 0 spiro atoms. The number of aliphatic carboxylic acids is 1. The van der Waals surface area contributed by atoms with Gasteiger partial charge >= 0.3 is 5.97 Å². The van der Waals surface area contributed by atoms with E-state index in [1.165, 1.54) is 28.5 Å². The molecular formula is C19H20N2O2S2. The van der Waals surface area contributed by atoms with Gasteiger partial charge in [-0.2, -0.15) is 0 Å². The zero-order valence-corrected chi connectivity index (χ0v) is 16.1. The molecule has 3 aromatic rings. The van der Waals surface area contributed by atoms with Crippen LogP contribution in [-0.2, 0) is 11.2 Å². The second-order valence-electron chi connectivity index (χ2n) is 5.80. The third-order valence-corrected chi connectivity index (χ3v) is 6.55. The molecule has 1 aromatic carbocycles. The molecular weight excluding hydrogens is 352 g/mol. The number of thiophene rings is 1. The van der Waals surface area contributed by atoms with Gasteiger partial charge in [0.25, 0.3) is 0 Å². The predicted molar refractivity (Wildman–Crippen MR) is 105 cm³/mol. The molecule has 0 aliphatic heterocycles. The van der Waals surface area contributed by atoms with Gasteiger partial charge in [0.05, 0.1) is 5.39 Å². The molecule has 3 rings (SSSR count). The van der Waals surface area contributed by atoms with E-state index in [0.29, 0.717) is 6.42 Å². The Morgan fingerprint density at radius 3 is 2.56 bits per heavy atom. The van der Waals surface area contributed by atoms with Crippen molar-refractivity contribution in [3.8, 4) is 11.1 Å². The lowest BCUT2D eigenvalue weighted by Gasteiger charge is -2.11. The molecule has 4 nitrogen and oxygen atoms in total. The minimum atomic E-state index is -0.805. The highest BCUT2D eigenvalue weighted by Gasteiger charge is 2.22. The van der Waals surface area contributed by atoms with Gasteiger partial charge in [-0.15, -0.1) is 11.3 Å². The summed E-state index contributed by atoms with van der Waals surface area (Å²) in [5, 5.41) is 10.6. The van der Waals surface area contributed by atoms with E-state index in [1.54, 1.807) is 11.3 Å². The van der Waals surface area contributed by atoms with Crippen LogP contribution < -0.4 is 0 Å². The molecule has 6 heteroatoms. The minimum absolute atomic E-state index is 0.506. The maximum atomic E-state index is 11.4. The van der Waals surface area contributed by atoms with Crippen molar-refractivity contribution in [2.24, 2.45) is 0 Å². The fourth-order valence-electron chi connectivity index (χ4n) is 2.80. The maximum absolute atomic E-state index is 11.4. The number of nitrogens with zero attached hydrogens (tertiary/aromatic N) is 2. The number of aromatic nitrogens is 2. The van der Waals surface area contributed by atoms with Crippen LogP contribution in [0.15, 0.2) is 35.6 Å².